The van der Waals surface area contributed by atoms with E-state index in [9.17, 15) is 0 Å². The highest BCUT2D eigenvalue weighted by Crippen LogP contribution is 2.45. The summed E-state index contributed by atoms with van der Waals surface area (Å²) in [4.78, 5) is 2.65. The molecule has 2 aliphatic heterocycles. The number of methoxy groups -OCH3 is 1. The minimum atomic E-state index is 0.423. The zero-order valence-corrected chi connectivity index (χ0v) is 12.5. The summed E-state index contributed by atoms with van der Waals surface area (Å²) in [6.07, 6.45) is 2.62. The van der Waals surface area contributed by atoms with Crippen LogP contribution in [-0.2, 0) is 0 Å². The van der Waals surface area contributed by atoms with Crippen molar-refractivity contribution in [3.05, 3.63) is 65.2 Å². The number of benzene rings is 2. The van der Waals surface area contributed by atoms with Gasteiger partial charge in [0.25, 0.3) is 0 Å². The van der Waals surface area contributed by atoms with Crippen LogP contribution in [0.3, 0.4) is 0 Å². The van der Waals surface area contributed by atoms with Gasteiger partial charge < -0.3 is 4.74 Å². The highest BCUT2D eigenvalue weighted by atomic mass is 16.5. The van der Waals surface area contributed by atoms with Gasteiger partial charge in [0, 0.05) is 24.1 Å². The van der Waals surface area contributed by atoms with E-state index in [1.807, 2.05) is 0 Å². The third-order valence-corrected chi connectivity index (χ3v) is 5.03. The summed E-state index contributed by atoms with van der Waals surface area (Å²) in [7, 11) is 1.77. The zero-order valence-electron chi connectivity index (χ0n) is 12.5. The number of rotatable bonds is 2. The quantitative estimate of drug-likeness (QED) is 0.824. The molecule has 2 heteroatoms. The molecule has 0 N–H and O–H groups in total. The summed E-state index contributed by atoms with van der Waals surface area (Å²) in [5.41, 5.74) is 4.33. The molecular weight excluding hydrogens is 258 g/mol. The number of nitrogens with zero attached hydrogens (tertiary/aromatic N) is 1. The van der Waals surface area contributed by atoms with Crippen LogP contribution in [0.4, 0.5) is 0 Å². The van der Waals surface area contributed by atoms with Gasteiger partial charge in [-0.3, -0.25) is 4.90 Å². The number of hydrogen-bond donors (Lipinski definition) is 0. The van der Waals surface area contributed by atoms with Crippen molar-refractivity contribution in [3.8, 4) is 5.75 Å². The zero-order chi connectivity index (χ0) is 14.2. The second-order valence-corrected chi connectivity index (χ2v) is 6.08. The molecule has 2 aliphatic rings. The van der Waals surface area contributed by atoms with Gasteiger partial charge in [-0.25, -0.2) is 0 Å². The summed E-state index contributed by atoms with van der Waals surface area (Å²) in [5, 5.41) is 0. The summed E-state index contributed by atoms with van der Waals surface area (Å²) < 4.78 is 5.61. The third kappa shape index (κ3) is 2.06. The van der Waals surface area contributed by atoms with Crippen LogP contribution in [-0.4, -0.2) is 25.1 Å². The number of fused-ring (bicyclic) bond motifs is 3. The summed E-state index contributed by atoms with van der Waals surface area (Å²) in [5.74, 6) is 1.43. The van der Waals surface area contributed by atoms with Crippen LogP contribution in [0, 0.1) is 0 Å². The van der Waals surface area contributed by atoms with Crippen molar-refractivity contribution in [1.29, 1.82) is 0 Å². The van der Waals surface area contributed by atoms with Gasteiger partial charge in [-0.05, 0) is 36.6 Å². The number of ether oxygens (including phenoxy) is 1. The molecule has 2 aromatic rings. The first-order valence-corrected chi connectivity index (χ1v) is 7.84. The number of para-hydroxylation sites is 1. The van der Waals surface area contributed by atoms with Crippen LogP contribution in [0.1, 0.15) is 41.5 Å². The Morgan fingerprint density at radius 3 is 2.48 bits per heavy atom. The second-order valence-electron chi connectivity index (χ2n) is 6.08. The van der Waals surface area contributed by atoms with Crippen molar-refractivity contribution >= 4 is 0 Å². The highest BCUT2D eigenvalue weighted by Gasteiger charge is 2.36. The van der Waals surface area contributed by atoms with Gasteiger partial charge in [-0.1, -0.05) is 42.5 Å². The van der Waals surface area contributed by atoms with Crippen LogP contribution >= 0.6 is 0 Å². The molecule has 1 saturated heterocycles. The van der Waals surface area contributed by atoms with Crippen LogP contribution in [0.15, 0.2) is 48.5 Å². The third-order valence-electron chi connectivity index (χ3n) is 5.03. The summed E-state index contributed by atoms with van der Waals surface area (Å²) in [6, 6.07) is 18.1. The Hall–Kier alpha value is -1.80. The molecule has 2 nitrogen and oxygen atoms in total. The second kappa shape index (κ2) is 5.19. The van der Waals surface area contributed by atoms with Gasteiger partial charge in [0.1, 0.15) is 5.75 Å². The van der Waals surface area contributed by atoms with Crippen molar-refractivity contribution < 1.29 is 4.74 Å². The normalized spacial score (nSPS) is 24.4. The van der Waals surface area contributed by atoms with Gasteiger partial charge in [0.05, 0.1) is 7.11 Å². The maximum atomic E-state index is 5.61. The lowest BCUT2D eigenvalue weighted by Crippen LogP contribution is -2.34. The molecule has 4 rings (SSSR count). The van der Waals surface area contributed by atoms with Crippen molar-refractivity contribution in [2.75, 3.05) is 20.2 Å². The molecule has 2 aromatic carbocycles. The van der Waals surface area contributed by atoms with E-state index in [-0.39, 0.29) is 0 Å². The maximum absolute atomic E-state index is 5.61. The lowest BCUT2D eigenvalue weighted by atomic mass is 9.81. The Kier molecular flexibility index (Phi) is 3.19. The fraction of sp³-hybridized carbons (Fsp3) is 0.368. The molecule has 2 heterocycles. The molecule has 0 aliphatic carbocycles. The predicted octanol–water partition coefficient (Wildman–Crippen LogP) is 3.98. The van der Waals surface area contributed by atoms with Crippen molar-refractivity contribution in [2.45, 2.75) is 24.8 Å². The lowest BCUT2D eigenvalue weighted by molar-refractivity contribution is 0.229. The highest BCUT2D eigenvalue weighted by molar-refractivity contribution is 5.47. The van der Waals surface area contributed by atoms with Crippen LogP contribution < -0.4 is 4.74 Å². The Morgan fingerprint density at radius 2 is 1.67 bits per heavy atom. The predicted molar refractivity (Wildman–Crippen MR) is 84.8 cm³/mol. The molecule has 0 aromatic heterocycles. The van der Waals surface area contributed by atoms with E-state index >= 15 is 0 Å². The Labute approximate surface area is 126 Å². The molecule has 2 atom stereocenters. The van der Waals surface area contributed by atoms with Crippen molar-refractivity contribution in [1.82, 2.24) is 4.90 Å². The average Bonchev–Trinajstić information content (AvgIpc) is 3.03. The Bertz CT molecular complexity index is 652. The minimum absolute atomic E-state index is 0.423. The standard InChI is InChI=1S/C19H21NO/c1-21-19-11-5-4-9-16(19)17-13-20-12-6-10-18(20)15-8-3-2-7-14(15)17/h2-5,7-9,11,17-18H,6,10,12-13H2,1H3/t17-,18+/m1/s1. The smallest absolute Gasteiger partial charge is 0.122 e. The molecule has 0 spiro atoms. The monoisotopic (exact) mass is 279 g/mol. The van der Waals surface area contributed by atoms with Crippen LogP contribution in [0.5, 0.6) is 5.75 Å². The van der Waals surface area contributed by atoms with Crippen molar-refractivity contribution in [3.63, 3.8) is 0 Å². The SMILES string of the molecule is COc1ccccc1[C@@H]1CN2CCC[C@H]2c2ccccc21. The summed E-state index contributed by atoms with van der Waals surface area (Å²) in [6.45, 7) is 2.34. The van der Waals surface area contributed by atoms with Crippen LogP contribution in [0.25, 0.3) is 0 Å². The van der Waals surface area contributed by atoms with Gasteiger partial charge >= 0.3 is 0 Å². The van der Waals surface area contributed by atoms with E-state index in [1.165, 1.54) is 36.1 Å². The molecule has 0 amide bonds. The summed E-state index contributed by atoms with van der Waals surface area (Å²) >= 11 is 0. The van der Waals surface area contributed by atoms with E-state index in [0.29, 0.717) is 12.0 Å². The molecule has 21 heavy (non-hydrogen) atoms. The minimum Gasteiger partial charge on any atom is -0.496 e. The van der Waals surface area contributed by atoms with E-state index in [2.05, 4.69) is 53.4 Å². The van der Waals surface area contributed by atoms with Gasteiger partial charge in [0.2, 0.25) is 0 Å². The van der Waals surface area contributed by atoms with Crippen molar-refractivity contribution in [2.24, 2.45) is 0 Å². The molecule has 0 radical (unpaired) electrons. The molecule has 0 unspecified atom stereocenters. The molecular formula is C19H21NO. The fourth-order valence-corrected chi connectivity index (χ4v) is 4.08. The first-order valence-electron chi connectivity index (χ1n) is 7.84. The topological polar surface area (TPSA) is 12.5 Å². The van der Waals surface area contributed by atoms with E-state index in [1.54, 1.807) is 7.11 Å². The lowest BCUT2D eigenvalue weighted by Gasteiger charge is -2.37. The van der Waals surface area contributed by atoms with E-state index in [0.717, 1.165) is 12.3 Å². The Balaban J connectivity index is 1.84. The van der Waals surface area contributed by atoms with Gasteiger partial charge in [-0.15, -0.1) is 0 Å². The van der Waals surface area contributed by atoms with E-state index < -0.39 is 0 Å². The molecule has 0 saturated carbocycles. The maximum Gasteiger partial charge on any atom is 0.122 e. The fourth-order valence-electron chi connectivity index (χ4n) is 4.08. The molecule has 108 valence electrons. The van der Waals surface area contributed by atoms with E-state index in [4.69, 9.17) is 4.74 Å². The Morgan fingerprint density at radius 1 is 0.952 bits per heavy atom. The molecule has 1 fully saturated rings. The first kappa shape index (κ1) is 12.9. The van der Waals surface area contributed by atoms with Gasteiger partial charge in [0.15, 0.2) is 0 Å². The largest absolute Gasteiger partial charge is 0.496 e. The first-order chi connectivity index (χ1) is 10.4. The molecule has 0 bridgehead atoms. The van der Waals surface area contributed by atoms with Gasteiger partial charge in [-0.2, -0.15) is 0 Å². The number of hydrogen-bond acceptors (Lipinski definition) is 2. The van der Waals surface area contributed by atoms with Crippen LogP contribution in [0.2, 0.25) is 0 Å². The average molecular weight is 279 g/mol.